The average Bonchev–Trinajstić information content (AvgIpc) is 2.11. The summed E-state index contributed by atoms with van der Waals surface area (Å²) < 4.78 is 4.91. The summed E-state index contributed by atoms with van der Waals surface area (Å²) in [7, 11) is 0.102. The highest BCUT2D eigenvalue weighted by atomic mass is 16.5. The standard InChI is InChI=1S/C9H15BO3/c1-4-8(7-13-3)6-9(5-2)10(11)12/h4-6,11-12H,2,7H2,1,3H3/b8-4+,9-6+. The molecule has 2 N–H and O–H groups in total. The molecule has 0 aliphatic carbocycles. The van der Waals surface area contributed by atoms with E-state index < -0.39 is 7.12 Å². The van der Waals surface area contributed by atoms with Gasteiger partial charge < -0.3 is 14.8 Å². The molecule has 0 radical (unpaired) electrons. The molecule has 0 saturated carbocycles. The molecule has 0 spiro atoms. The van der Waals surface area contributed by atoms with Gasteiger partial charge in [0.05, 0.1) is 6.61 Å². The van der Waals surface area contributed by atoms with Crippen LogP contribution >= 0.6 is 0 Å². The lowest BCUT2D eigenvalue weighted by atomic mass is 9.78. The first-order valence-corrected chi connectivity index (χ1v) is 4.00. The van der Waals surface area contributed by atoms with E-state index in [1.807, 2.05) is 13.0 Å². The summed E-state index contributed by atoms with van der Waals surface area (Å²) in [4.78, 5) is 0. The van der Waals surface area contributed by atoms with Gasteiger partial charge in [-0.05, 0) is 18.0 Å². The van der Waals surface area contributed by atoms with Crippen molar-refractivity contribution in [1.82, 2.24) is 0 Å². The van der Waals surface area contributed by atoms with E-state index in [1.165, 1.54) is 6.08 Å². The van der Waals surface area contributed by atoms with E-state index in [2.05, 4.69) is 6.58 Å². The lowest BCUT2D eigenvalue weighted by Crippen LogP contribution is -2.14. The van der Waals surface area contributed by atoms with Gasteiger partial charge in [0.15, 0.2) is 0 Å². The molecule has 0 aliphatic rings. The minimum Gasteiger partial charge on any atom is -0.423 e. The fraction of sp³-hybridized carbons (Fsp3) is 0.333. The lowest BCUT2D eigenvalue weighted by Gasteiger charge is -2.03. The van der Waals surface area contributed by atoms with E-state index in [1.54, 1.807) is 13.2 Å². The Balaban J connectivity index is 4.55. The number of ether oxygens (including phenoxy) is 1. The van der Waals surface area contributed by atoms with Gasteiger partial charge >= 0.3 is 7.12 Å². The molecule has 0 saturated heterocycles. The second-order valence-electron chi connectivity index (χ2n) is 2.52. The van der Waals surface area contributed by atoms with Crippen molar-refractivity contribution in [3.8, 4) is 0 Å². The van der Waals surface area contributed by atoms with E-state index >= 15 is 0 Å². The Hall–Kier alpha value is -0.835. The van der Waals surface area contributed by atoms with Gasteiger partial charge in [-0.2, -0.15) is 0 Å². The van der Waals surface area contributed by atoms with Gasteiger partial charge in [-0.3, -0.25) is 0 Å². The molecule has 0 aromatic rings. The van der Waals surface area contributed by atoms with Crippen molar-refractivity contribution >= 4 is 7.12 Å². The minimum atomic E-state index is -1.48. The smallest absolute Gasteiger partial charge is 0.423 e. The maximum Gasteiger partial charge on any atom is 0.488 e. The number of methoxy groups -OCH3 is 1. The van der Waals surface area contributed by atoms with Crippen LogP contribution < -0.4 is 0 Å². The molecule has 0 aromatic carbocycles. The van der Waals surface area contributed by atoms with Crippen LogP contribution in [-0.2, 0) is 4.74 Å². The van der Waals surface area contributed by atoms with Crippen molar-refractivity contribution in [2.45, 2.75) is 6.92 Å². The summed E-state index contributed by atoms with van der Waals surface area (Å²) >= 11 is 0. The highest BCUT2D eigenvalue weighted by molar-refractivity contribution is 6.51. The Morgan fingerprint density at radius 3 is 2.46 bits per heavy atom. The van der Waals surface area contributed by atoms with E-state index in [9.17, 15) is 0 Å². The highest BCUT2D eigenvalue weighted by Gasteiger charge is 2.10. The van der Waals surface area contributed by atoms with E-state index in [0.29, 0.717) is 12.1 Å². The number of allylic oxidation sites excluding steroid dienone is 3. The zero-order chi connectivity index (χ0) is 10.3. The Morgan fingerprint density at radius 2 is 2.15 bits per heavy atom. The van der Waals surface area contributed by atoms with Gasteiger partial charge in [-0.1, -0.05) is 24.8 Å². The predicted octanol–water partition coefficient (Wildman–Crippen LogP) is 0.703. The Bertz CT molecular complexity index is 219. The highest BCUT2D eigenvalue weighted by Crippen LogP contribution is 2.05. The average molecular weight is 182 g/mol. The van der Waals surface area contributed by atoms with Crippen molar-refractivity contribution in [1.29, 1.82) is 0 Å². The van der Waals surface area contributed by atoms with Crippen LogP contribution in [0.3, 0.4) is 0 Å². The van der Waals surface area contributed by atoms with Gasteiger partial charge in [-0.15, -0.1) is 0 Å². The van der Waals surface area contributed by atoms with Gasteiger partial charge in [-0.25, -0.2) is 0 Å². The third-order valence-electron chi connectivity index (χ3n) is 1.57. The monoisotopic (exact) mass is 182 g/mol. The van der Waals surface area contributed by atoms with Crippen LogP contribution in [0.15, 0.2) is 35.9 Å². The molecule has 0 rings (SSSR count). The van der Waals surface area contributed by atoms with Gasteiger partial charge in [0.2, 0.25) is 0 Å². The molecule has 0 aliphatic heterocycles. The zero-order valence-electron chi connectivity index (χ0n) is 8.03. The molecule has 0 atom stereocenters. The van der Waals surface area contributed by atoms with Gasteiger partial charge in [0.1, 0.15) is 0 Å². The number of hydrogen-bond donors (Lipinski definition) is 2. The van der Waals surface area contributed by atoms with E-state index in [-0.39, 0.29) is 0 Å². The van der Waals surface area contributed by atoms with Crippen LogP contribution in [0.4, 0.5) is 0 Å². The molecule has 0 amide bonds. The van der Waals surface area contributed by atoms with Crippen molar-refractivity contribution in [2.75, 3.05) is 13.7 Å². The normalized spacial score (nSPS) is 12.9. The molecule has 13 heavy (non-hydrogen) atoms. The summed E-state index contributed by atoms with van der Waals surface area (Å²) in [5, 5.41) is 17.7. The molecular formula is C9H15BO3. The van der Waals surface area contributed by atoms with Crippen LogP contribution in [0.2, 0.25) is 0 Å². The summed E-state index contributed by atoms with van der Waals surface area (Å²) in [6.07, 6.45) is 4.89. The Morgan fingerprint density at radius 1 is 1.54 bits per heavy atom. The van der Waals surface area contributed by atoms with Gasteiger partial charge in [0, 0.05) is 7.11 Å². The molecule has 4 heteroatoms. The van der Waals surface area contributed by atoms with Crippen LogP contribution in [0.25, 0.3) is 0 Å². The number of hydrogen-bond acceptors (Lipinski definition) is 3. The predicted molar refractivity (Wildman–Crippen MR) is 54.1 cm³/mol. The van der Waals surface area contributed by atoms with E-state index in [0.717, 1.165) is 5.57 Å². The van der Waals surface area contributed by atoms with Crippen LogP contribution in [0.5, 0.6) is 0 Å². The molecule has 3 nitrogen and oxygen atoms in total. The number of rotatable bonds is 5. The largest absolute Gasteiger partial charge is 0.488 e. The second kappa shape index (κ2) is 6.66. The maximum absolute atomic E-state index is 8.87. The molecule has 72 valence electrons. The first-order valence-electron chi connectivity index (χ1n) is 4.00. The summed E-state index contributed by atoms with van der Waals surface area (Å²) in [6, 6.07) is 0. The Labute approximate surface area is 79.2 Å². The van der Waals surface area contributed by atoms with Gasteiger partial charge in [0.25, 0.3) is 0 Å². The maximum atomic E-state index is 8.87. The fourth-order valence-corrected chi connectivity index (χ4v) is 0.828. The molecule has 0 fully saturated rings. The van der Waals surface area contributed by atoms with Crippen LogP contribution in [0.1, 0.15) is 6.92 Å². The molecule has 0 bridgehead atoms. The first kappa shape index (κ1) is 12.2. The minimum absolute atomic E-state index is 0.366. The van der Waals surface area contributed by atoms with Crippen molar-refractivity contribution in [3.63, 3.8) is 0 Å². The van der Waals surface area contributed by atoms with Crippen molar-refractivity contribution in [3.05, 3.63) is 35.9 Å². The first-order chi connectivity index (χ1) is 6.15. The second-order valence-corrected chi connectivity index (χ2v) is 2.52. The fourth-order valence-electron chi connectivity index (χ4n) is 0.828. The SMILES string of the molecule is C=C/C(=C\C(=C/C)COC)B(O)O. The third kappa shape index (κ3) is 4.67. The third-order valence-corrected chi connectivity index (χ3v) is 1.57. The van der Waals surface area contributed by atoms with Crippen LogP contribution in [-0.4, -0.2) is 30.9 Å². The van der Waals surface area contributed by atoms with Crippen LogP contribution in [0, 0.1) is 0 Å². The molecule has 0 unspecified atom stereocenters. The van der Waals surface area contributed by atoms with E-state index in [4.69, 9.17) is 14.8 Å². The summed E-state index contributed by atoms with van der Waals surface area (Å²) in [5.74, 6) is 0. The quantitative estimate of drug-likeness (QED) is 0.486. The molecule has 0 aromatic heterocycles. The zero-order valence-corrected chi connectivity index (χ0v) is 8.03. The topological polar surface area (TPSA) is 49.7 Å². The molecular weight excluding hydrogens is 167 g/mol. The lowest BCUT2D eigenvalue weighted by molar-refractivity contribution is 0.228. The molecule has 0 heterocycles. The summed E-state index contributed by atoms with van der Waals surface area (Å²) in [6.45, 7) is 5.77. The summed E-state index contributed by atoms with van der Waals surface area (Å²) in [5.41, 5.74) is 1.25. The van der Waals surface area contributed by atoms with Crippen molar-refractivity contribution in [2.24, 2.45) is 0 Å². The van der Waals surface area contributed by atoms with Crippen molar-refractivity contribution < 1.29 is 14.8 Å². The Kier molecular flexibility index (Phi) is 6.23.